The van der Waals surface area contributed by atoms with Crippen LogP contribution in [-0.2, 0) is 9.84 Å². The number of aliphatic imine (C=N–C) groups is 1. The molecular weight excluding hydrogens is 362 g/mol. The zero-order chi connectivity index (χ0) is 19.3. The number of aromatic nitrogens is 1. The monoisotopic (exact) mass is 391 g/mol. The molecule has 3 heterocycles. The van der Waals surface area contributed by atoms with Crippen LogP contribution in [0.1, 0.15) is 12.0 Å². The predicted octanol–water partition coefficient (Wildman–Crippen LogP) is 1.08. The number of nitrogens with one attached hydrogen (secondary N) is 1. The Hall–Kier alpha value is -2.09. The van der Waals surface area contributed by atoms with Crippen molar-refractivity contribution >= 4 is 21.6 Å². The first-order valence-electron chi connectivity index (χ1n) is 9.49. The highest BCUT2D eigenvalue weighted by molar-refractivity contribution is 7.91. The van der Waals surface area contributed by atoms with E-state index in [0.29, 0.717) is 25.3 Å². The summed E-state index contributed by atoms with van der Waals surface area (Å²) in [5.74, 6) is 2.55. The van der Waals surface area contributed by atoms with Crippen LogP contribution in [0.2, 0.25) is 0 Å². The smallest absolute Gasteiger partial charge is 0.194 e. The third-order valence-corrected chi connectivity index (χ3v) is 6.87. The van der Waals surface area contributed by atoms with E-state index in [1.54, 1.807) is 0 Å². The van der Waals surface area contributed by atoms with Crippen molar-refractivity contribution in [3.8, 4) is 0 Å². The van der Waals surface area contributed by atoms with Crippen LogP contribution >= 0.6 is 0 Å². The summed E-state index contributed by atoms with van der Waals surface area (Å²) in [6.45, 7) is 10.5. The van der Waals surface area contributed by atoms with Crippen molar-refractivity contribution < 1.29 is 8.42 Å². The molecule has 148 valence electrons. The number of guanidine groups is 1. The largest absolute Gasteiger partial charge is 0.353 e. The summed E-state index contributed by atoms with van der Waals surface area (Å²) < 4.78 is 23.3. The summed E-state index contributed by atoms with van der Waals surface area (Å²) >= 11 is 0. The molecule has 0 saturated carbocycles. The van der Waals surface area contributed by atoms with Gasteiger partial charge in [-0.1, -0.05) is 6.08 Å². The molecule has 1 atom stereocenters. The molecule has 7 nitrogen and oxygen atoms in total. The van der Waals surface area contributed by atoms with E-state index in [-0.39, 0.29) is 11.7 Å². The van der Waals surface area contributed by atoms with Crippen molar-refractivity contribution in [1.82, 2.24) is 15.2 Å². The van der Waals surface area contributed by atoms with E-state index < -0.39 is 9.84 Å². The van der Waals surface area contributed by atoms with E-state index in [9.17, 15) is 8.42 Å². The zero-order valence-corrected chi connectivity index (χ0v) is 16.8. The third kappa shape index (κ3) is 5.45. The molecule has 8 heteroatoms. The molecule has 0 radical (unpaired) electrons. The predicted molar refractivity (Wildman–Crippen MR) is 110 cm³/mol. The van der Waals surface area contributed by atoms with Crippen LogP contribution in [0, 0.1) is 12.8 Å². The van der Waals surface area contributed by atoms with Gasteiger partial charge in [-0.2, -0.15) is 0 Å². The van der Waals surface area contributed by atoms with Gasteiger partial charge in [0, 0.05) is 45.5 Å². The molecule has 0 aromatic carbocycles. The first-order chi connectivity index (χ1) is 13.0. The van der Waals surface area contributed by atoms with Crippen molar-refractivity contribution in [1.29, 1.82) is 0 Å². The number of hydrogen-bond donors (Lipinski definition) is 1. The normalized spacial score (nSPS) is 22.7. The molecule has 0 bridgehead atoms. The van der Waals surface area contributed by atoms with Crippen molar-refractivity contribution in [2.75, 3.05) is 55.7 Å². The molecule has 1 N–H and O–H groups in total. The number of nitrogens with zero attached hydrogens (tertiary/aromatic N) is 4. The van der Waals surface area contributed by atoms with Crippen LogP contribution in [0.4, 0.5) is 5.82 Å². The fraction of sp³-hybridized carbons (Fsp3) is 0.579. The van der Waals surface area contributed by atoms with Gasteiger partial charge in [0.1, 0.15) is 5.82 Å². The van der Waals surface area contributed by atoms with E-state index in [0.717, 1.165) is 38.0 Å². The lowest BCUT2D eigenvalue weighted by Crippen LogP contribution is -2.53. The second kappa shape index (κ2) is 8.73. The van der Waals surface area contributed by atoms with E-state index in [2.05, 4.69) is 39.7 Å². The van der Waals surface area contributed by atoms with Crippen LogP contribution in [-0.4, -0.2) is 75.0 Å². The molecule has 2 aliphatic rings. The topological polar surface area (TPSA) is 77.9 Å². The Labute approximate surface area is 162 Å². The lowest BCUT2D eigenvalue weighted by atomic mass is 10.1. The molecule has 0 spiro atoms. The van der Waals surface area contributed by atoms with Crippen LogP contribution in [0.5, 0.6) is 0 Å². The number of pyridine rings is 1. The summed E-state index contributed by atoms with van der Waals surface area (Å²) in [5.41, 5.74) is 1.21. The van der Waals surface area contributed by atoms with Crippen LogP contribution < -0.4 is 10.2 Å². The molecule has 2 fully saturated rings. The number of sulfone groups is 1. The summed E-state index contributed by atoms with van der Waals surface area (Å²) in [5, 5.41) is 3.32. The fourth-order valence-electron chi connectivity index (χ4n) is 3.50. The highest BCUT2D eigenvalue weighted by Gasteiger charge is 2.28. The Morgan fingerprint density at radius 3 is 2.81 bits per heavy atom. The molecule has 0 aliphatic carbocycles. The number of rotatable bonds is 5. The van der Waals surface area contributed by atoms with E-state index in [4.69, 9.17) is 4.99 Å². The molecule has 1 unspecified atom stereocenters. The lowest BCUT2D eigenvalue weighted by molar-refractivity contribution is 0.371. The number of aryl methyl sites for hydroxylation is 1. The Kier molecular flexibility index (Phi) is 6.36. The average molecular weight is 392 g/mol. The summed E-state index contributed by atoms with van der Waals surface area (Å²) in [7, 11) is -2.86. The number of anilines is 1. The van der Waals surface area contributed by atoms with Gasteiger partial charge in [-0.25, -0.2) is 13.4 Å². The van der Waals surface area contributed by atoms with Crippen molar-refractivity contribution in [3.63, 3.8) is 0 Å². The van der Waals surface area contributed by atoms with Gasteiger partial charge in [0.25, 0.3) is 0 Å². The van der Waals surface area contributed by atoms with E-state index in [1.165, 1.54) is 5.56 Å². The standard InChI is InChI=1S/C19H29N5O2S/c1-3-6-21-19(22-14-17-5-12-27(25,26)15-17)24-10-8-23(9-11-24)18-13-16(2)4-7-20-18/h3-4,7,13,17H,1,5-6,8-12,14-15H2,2H3,(H,21,22). The first-order valence-corrected chi connectivity index (χ1v) is 11.3. The van der Waals surface area contributed by atoms with E-state index in [1.807, 2.05) is 18.3 Å². The third-order valence-electron chi connectivity index (χ3n) is 5.03. The Morgan fingerprint density at radius 2 is 2.19 bits per heavy atom. The van der Waals surface area contributed by atoms with E-state index >= 15 is 0 Å². The highest BCUT2D eigenvalue weighted by atomic mass is 32.2. The minimum absolute atomic E-state index is 0.133. The molecule has 2 aliphatic heterocycles. The summed E-state index contributed by atoms with van der Waals surface area (Å²) in [4.78, 5) is 13.7. The van der Waals surface area contributed by atoms with Crippen molar-refractivity contribution in [3.05, 3.63) is 36.5 Å². The van der Waals surface area contributed by atoms with Gasteiger partial charge in [0.05, 0.1) is 11.5 Å². The highest BCUT2D eigenvalue weighted by Crippen LogP contribution is 2.19. The quantitative estimate of drug-likeness (QED) is 0.460. The van der Waals surface area contributed by atoms with Gasteiger partial charge in [-0.15, -0.1) is 6.58 Å². The maximum Gasteiger partial charge on any atom is 0.194 e. The molecule has 27 heavy (non-hydrogen) atoms. The summed E-state index contributed by atoms with van der Waals surface area (Å²) in [6.07, 6.45) is 4.38. The van der Waals surface area contributed by atoms with Gasteiger partial charge < -0.3 is 15.1 Å². The van der Waals surface area contributed by atoms with Crippen molar-refractivity contribution in [2.24, 2.45) is 10.9 Å². The second-order valence-electron chi connectivity index (χ2n) is 7.27. The Bertz CT molecular complexity index is 785. The van der Waals surface area contributed by atoms with Crippen LogP contribution in [0.3, 0.4) is 0 Å². The summed E-state index contributed by atoms with van der Waals surface area (Å²) in [6, 6.07) is 4.12. The molecule has 1 aromatic heterocycles. The van der Waals surface area contributed by atoms with Crippen molar-refractivity contribution in [2.45, 2.75) is 13.3 Å². The molecule has 3 rings (SSSR count). The fourth-order valence-corrected chi connectivity index (χ4v) is 5.35. The SMILES string of the molecule is C=CCNC(=NCC1CCS(=O)(=O)C1)N1CCN(c2cc(C)ccn2)CC1. The molecule has 1 aromatic rings. The Morgan fingerprint density at radius 1 is 1.41 bits per heavy atom. The minimum Gasteiger partial charge on any atom is -0.353 e. The minimum atomic E-state index is -2.86. The number of piperazine rings is 1. The molecular formula is C19H29N5O2S. The van der Waals surface area contributed by atoms with Gasteiger partial charge >= 0.3 is 0 Å². The van der Waals surface area contributed by atoms with Gasteiger partial charge in [-0.3, -0.25) is 4.99 Å². The average Bonchev–Trinajstić information content (AvgIpc) is 3.01. The number of hydrogen-bond acceptors (Lipinski definition) is 5. The van der Waals surface area contributed by atoms with Gasteiger partial charge in [0.15, 0.2) is 15.8 Å². The lowest BCUT2D eigenvalue weighted by Gasteiger charge is -2.37. The first kappa shape index (κ1) is 19.7. The van der Waals surface area contributed by atoms with Crippen LogP contribution in [0.25, 0.3) is 0 Å². The molecule has 0 amide bonds. The van der Waals surface area contributed by atoms with Gasteiger partial charge in [-0.05, 0) is 37.0 Å². The maximum absolute atomic E-state index is 11.7. The molecule has 2 saturated heterocycles. The zero-order valence-electron chi connectivity index (χ0n) is 16.0. The van der Waals surface area contributed by atoms with Crippen LogP contribution in [0.15, 0.2) is 36.0 Å². The second-order valence-corrected chi connectivity index (χ2v) is 9.50. The maximum atomic E-state index is 11.7. The van der Waals surface area contributed by atoms with Gasteiger partial charge in [0.2, 0.25) is 0 Å². The Balaban J connectivity index is 1.60.